The zero-order chi connectivity index (χ0) is 15.9. The Balaban J connectivity index is 1.91. The molecule has 0 radical (unpaired) electrons. The van der Waals surface area contributed by atoms with Crippen molar-refractivity contribution >= 4 is 5.91 Å². The molecule has 1 aromatic rings. The second-order valence-corrected chi connectivity index (χ2v) is 5.62. The van der Waals surface area contributed by atoms with E-state index in [1.165, 1.54) is 0 Å². The first-order valence-corrected chi connectivity index (χ1v) is 7.99. The second kappa shape index (κ2) is 8.24. The van der Waals surface area contributed by atoms with E-state index in [9.17, 15) is 4.79 Å². The van der Waals surface area contributed by atoms with Crippen LogP contribution in [0.4, 0.5) is 0 Å². The standard InChI is InChI=1S/C15H26N4O3/c1-4-19(5-2)15(20)12-7-6-8-18(9-12)10-13-16-14(11-21-3)22-17-13/h12H,4-11H2,1-3H3. The van der Waals surface area contributed by atoms with E-state index in [0.29, 0.717) is 24.9 Å². The normalized spacial score (nSPS) is 19.3. The first-order chi connectivity index (χ1) is 10.7. The average molecular weight is 310 g/mol. The van der Waals surface area contributed by atoms with Gasteiger partial charge in [-0.1, -0.05) is 5.16 Å². The SMILES string of the molecule is CCN(CC)C(=O)C1CCCN(Cc2noc(COC)n2)C1. The van der Waals surface area contributed by atoms with Crippen molar-refractivity contribution < 1.29 is 14.1 Å². The minimum absolute atomic E-state index is 0.0824. The molecule has 1 fully saturated rings. The van der Waals surface area contributed by atoms with Crippen LogP contribution in [-0.2, 0) is 22.7 Å². The number of methoxy groups -OCH3 is 1. The van der Waals surface area contributed by atoms with Crippen LogP contribution < -0.4 is 0 Å². The molecule has 1 aliphatic rings. The van der Waals surface area contributed by atoms with Crippen LogP contribution in [0.2, 0.25) is 0 Å². The molecule has 1 aromatic heterocycles. The quantitative estimate of drug-likeness (QED) is 0.756. The molecule has 2 heterocycles. The molecule has 7 nitrogen and oxygen atoms in total. The van der Waals surface area contributed by atoms with E-state index < -0.39 is 0 Å². The lowest BCUT2D eigenvalue weighted by Gasteiger charge is -2.33. The zero-order valence-electron chi connectivity index (χ0n) is 13.7. The predicted molar refractivity (Wildman–Crippen MR) is 80.9 cm³/mol. The molecular formula is C15H26N4O3. The van der Waals surface area contributed by atoms with Gasteiger partial charge in [0.05, 0.1) is 12.5 Å². The number of amides is 1. The zero-order valence-corrected chi connectivity index (χ0v) is 13.7. The molecule has 0 aromatic carbocycles. The molecule has 0 N–H and O–H groups in total. The van der Waals surface area contributed by atoms with Crippen molar-refractivity contribution in [2.24, 2.45) is 5.92 Å². The third-order valence-corrected chi connectivity index (χ3v) is 4.07. The van der Waals surface area contributed by atoms with Gasteiger partial charge in [0.2, 0.25) is 5.91 Å². The lowest BCUT2D eigenvalue weighted by molar-refractivity contribution is -0.137. The van der Waals surface area contributed by atoms with Crippen molar-refractivity contribution in [3.05, 3.63) is 11.7 Å². The monoisotopic (exact) mass is 310 g/mol. The molecule has 1 atom stereocenters. The molecule has 22 heavy (non-hydrogen) atoms. The van der Waals surface area contributed by atoms with Crippen LogP contribution in [0, 0.1) is 5.92 Å². The van der Waals surface area contributed by atoms with E-state index in [1.807, 2.05) is 18.7 Å². The van der Waals surface area contributed by atoms with Crippen LogP contribution >= 0.6 is 0 Å². The molecular weight excluding hydrogens is 284 g/mol. The highest BCUT2D eigenvalue weighted by atomic mass is 16.5. The summed E-state index contributed by atoms with van der Waals surface area (Å²) < 4.78 is 10.1. The van der Waals surface area contributed by atoms with Gasteiger partial charge in [-0.2, -0.15) is 4.98 Å². The van der Waals surface area contributed by atoms with Gasteiger partial charge in [0, 0.05) is 26.7 Å². The summed E-state index contributed by atoms with van der Waals surface area (Å²) >= 11 is 0. The summed E-state index contributed by atoms with van der Waals surface area (Å²) in [4.78, 5) is 20.9. The number of carbonyl (C=O) groups excluding carboxylic acids is 1. The van der Waals surface area contributed by atoms with Gasteiger partial charge in [-0.05, 0) is 33.2 Å². The lowest BCUT2D eigenvalue weighted by atomic mass is 9.96. The topological polar surface area (TPSA) is 71.7 Å². The fourth-order valence-electron chi connectivity index (χ4n) is 2.93. The highest BCUT2D eigenvalue weighted by molar-refractivity contribution is 5.79. The molecule has 1 aliphatic heterocycles. The minimum atomic E-state index is 0.0824. The van der Waals surface area contributed by atoms with E-state index in [-0.39, 0.29) is 11.8 Å². The molecule has 0 spiro atoms. The Labute approximate surface area is 131 Å². The highest BCUT2D eigenvalue weighted by Crippen LogP contribution is 2.20. The summed E-state index contributed by atoms with van der Waals surface area (Å²) in [6, 6.07) is 0. The fourth-order valence-corrected chi connectivity index (χ4v) is 2.93. The number of likely N-dealkylation sites (tertiary alicyclic amines) is 1. The predicted octanol–water partition coefficient (Wildman–Crippen LogP) is 1.30. The third-order valence-electron chi connectivity index (χ3n) is 4.07. The van der Waals surface area contributed by atoms with Gasteiger partial charge >= 0.3 is 0 Å². The Morgan fingerprint density at radius 3 is 2.91 bits per heavy atom. The summed E-state index contributed by atoms with van der Waals surface area (Å²) in [6.45, 7) is 8.29. The molecule has 0 bridgehead atoms. The maximum Gasteiger partial charge on any atom is 0.252 e. The summed E-state index contributed by atoms with van der Waals surface area (Å²) in [5, 5.41) is 3.96. The first-order valence-electron chi connectivity index (χ1n) is 7.99. The van der Waals surface area contributed by atoms with Crippen LogP contribution in [-0.4, -0.2) is 59.1 Å². The maximum atomic E-state index is 12.5. The first kappa shape index (κ1) is 16.9. The van der Waals surface area contributed by atoms with Gasteiger partial charge in [-0.15, -0.1) is 0 Å². The van der Waals surface area contributed by atoms with Crippen LogP contribution in [0.25, 0.3) is 0 Å². The molecule has 7 heteroatoms. The Hall–Kier alpha value is -1.47. The van der Waals surface area contributed by atoms with Crippen LogP contribution in [0.15, 0.2) is 4.52 Å². The van der Waals surface area contributed by atoms with E-state index in [4.69, 9.17) is 9.26 Å². The number of nitrogens with zero attached hydrogens (tertiary/aromatic N) is 4. The summed E-state index contributed by atoms with van der Waals surface area (Å²) in [7, 11) is 1.60. The number of hydrogen-bond donors (Lipinski definition) is 0. The molecule has 0 aliphatic carbocycles. The summed E-state index contributed by atoms with van der Waals surface area (Å²) in [5.41, 5.74) is 0. The Kier molecular flexibility index (Phi) is 6.33. The number of carbonyl (C=O) groups is 1. The second-order valence-electron chi connectivity index (χ2n) is 5.62. The van der Waals surface area contributed by atoms with Crippen molar-refractivity contribution in [2.45, 2.75) is 39.8 Å². The Bertz CT molecular complexity index is 473. The molecule has 124 valence electrons. The number of aromatic nitrogens is 2. The van der Waals surface area contributed by atoms with Gasteiger partial charge in [-0.3, -0.25) is 9.69 Å². The van der Waals surface area contributed by atoms with Crippen molar-refractivity contribution in [1.29, 1.82) is 0 Å². The van der Waals surface area contributed by atoms with E-state index in [0.717, 1.165) is 39.0 Å². The van der Waals surface area contributed by atoms with Gasteiger partial charge in [0.1, 0.15) is 6.61 Å². The number of hydrogen-bond acceptors (Lipinski definition) is 6. The highest BCUT2D eigenvalue weighted by Gasteiger charge is 2.28. The number of ether oxygens (including phenoxy) is 1. The molecule has 1 saturated heterocycles. The van der Waals surface area contributed by atoms with Crippen molar-refractivity contribution in [3.8, 4) is 0 Å². The van der Waals surface area contributed by atoms with Crippen LogP contribution in [0.3, 0.4) is 0 Å². The number of rotatable bonds is 7. The van der Waals surface area contributed by atoms with E-state index in [2.05, 4.69) is 15.0 Å². The third kappa shape index (κ3) is 4.27. The van der Waals surface area contributed by atoms with Crippen molar-refractivity contribution in [2.75, 3.05) is 33.3 Å². The van der Waals surface area contributed by atoms with Gasteiger partial charge in [-0.25, -0.2) is 0 Å². The van der Waals surface area contributed by atoms with Crippen molar-refractivity contribution in [3.63, 3.8) is 0 Å². The average Bonchev–Trinajstić information content (AvgIpc) is 2.96. The Morgan fingerprint density at radius 1 is 1.45 bits per heavy atom. The van der Waals surface area contributed by atoms with Crippen molar-refractivity contribution in [1.82, 2.24) is 19.9 Å². The van der Waals surface area contributed by atoms with Gasteiger partial charge < -0.3 is 14.2 Å². The summed E-state index contributed by atoms with van der Waals surface area (Å²) in [5.74, 6) is 1.50. The van der Waals surface area contributed by atoms with Crippen LogP contribution in [0.5, 0.6) is 0 Å². The molecule has 1 unspecified atom stereocenters. The molecule has 2 rings (SSSR count). The smallest absolute Gasteiger partial charge is 0.252 e. The largest absolute Gasteiger partial charge is 0.375 e. The fraction of sp³-hybridized carbons (Fsp3) is 0.800. The Morgan fingerprint density at radius 2 is 2.23 bits per heavy atom. The molecule has 1 amide bonds. The van der Waals surface area contributed by atoms with E-state index in [1.54, 1.807) is 7.11 Å². The van der Waals surface area contributed by atoms with Gasteiger partial charge in [0.15, 0.2) is 5.82 Å². The molecule has 0 saturated carbocycles. The number of piperidine rings is 1. The minimum Gasteiger partial charge on any atom is -0.375 e. The van der Waals surface area contributed by atoms with E-state index >= 15 is 0 Å². The summed E-state index contributed by atoms with van der Waals surface area (Å²) in [6.07, 6.45) is 1.99. The van der Waals surface area contributed by atoms with Crippen LogP contribution in [0.1, 0.15) is 38.4 Å². The maximum absolute atomic E-state index is 12.5. The lowest BCUT2D eigenvalue weighted by Crippen LogP contribution is -2.44. The van der Waals surface area contributed by atoms with Gasteiger partial charge in [0.25, 0.3) is 5.89 Å².